The fourth-order valence-corrected chi connectivity index (χ4v) is 3.82. The van der Waals surface area contributed by atoms with Gasteiger partial charge in [0.25, 0.3) is 0 Å². The van der Waals surface area contributed by atoms with Gasteiger partial charge in [0.1, 0.15) is 5.60 Å². The summed E-state index contributed by atoms with van der Waals surface area (Å²) in [5.74, 6) is 0. The number of nitrogens with one attached hydrogen (secondary N) is 2. The van der Waals surface area contributed by atoms with Crippen LogP contribution in [0.5, 0.6) is 0 Å². The molecule has 0 unspecified atom stereocenters. The predicted octanol–water partition coefficient (Wildman–Crippen LogP) is 2.73. The zero-order chi connectivity index (χ0) is 21.7. The van der Waals surface area contributed by atoms with Gasteiger partial charge in [-0.15, -0.1) is 0 Å². The third-order valence-corrected chi connectivity index (χ3v) is 5.22. The summed E-state index contributed by atoms with van der Waals surface area (Å²) in [6, 6.07) is 16.8. The van der Waals surface area contributed by atoms with Gasteiger partial charge in [0.2, 0.25) is 0 Å². The Morgan fingerprint density at radius 1 is 1.13 bits per heavy atom. The summed E-state index contributed by atoms with van der Waals surface area (Å²) in [6.07, 6.45) is -0.910. The van der Waals surface area contributed by atoms with Crippen molar-refractivity contribution in [1.29, 1.82) is 0 Å². The molecule has 162 valence electrons. The number of fused-ring (bicyclic) bond motifs is 1. The van der Waals surface area contributed by atoms with Crippen molar-refractivity contribution in [1.82, 2.24) is 10.6 Å². The third kappa shape index (κ3) is 6.05. The molecule has 30 heavy (non-hydrogen) atoms. The topological polar surface area (TPSA) is 90.8 Å². The maximum absolute atomic E-state index is 12.3. The van der Waals surface area contributed by atoms with E-state index in [4.69, 9.17) is 4.74 Å². The minimum Gasteiger partial charge on any atom is -0.444 e. The number of aliphatic hydroxyl groups is 2. The van der Waals surface area contributed by atoms with Crippen molar-refractivity contribution < 1.29 is 19.7 Å². The van der Waals surface area contributed by atoms with E-state index in [2.05, 4.69) is 10.6 Å². The molecule has 0 saturated carbocycles. The summed E-state index contributed by atoms with van der Waals surface area (Å²) in [4.78, 5) is 12.3. The Bertz CT molecular complexity index is 835. The molecule has 2 aromatic carbocycles. The molecule has 6 heteroatoms. The summed E-state index contributed by atoms with van der Waals surface area (Å²) < 4.78 is 5.38. The first-order valence-electron chi connectivity index (χ1n) is 10.4. The van der Waals surface area contributed by atoms with Gasteiger partial charge in [-0.05, 0) is 43.9 Å². The van der Waals surface area contributed by atoms with Crippen LogP contribution in [0.25, 0.3) is 0 Å². The molecule has 0 aromatic heterocycles. The van der Waals surface area contributed by atoms with E-state index in [9.17, 15) is 15.0 Å². The molecule has 0 heterocycles. The van der Waals surface area contributed by atoms with Crippen LogP contribution in [-0.4, -0.2) is 46.7 Å². The minimum absolute atomic E-state index is 0.226. The van der Waals surface area contributed by atoms with Crippen LogP contribution in [0.1, 0.15) is 43.5 Å². The van der Waals surface area contributed by atoms with Crippen molar-refractivity contribution in [3.05, 3.63) is 71.3 Å². The highest BCUT2D eigenvalue weighted by molar-refractivity contribution is 5.68. The van der Waals surface area contributed by atoms with Gasteiger partial charge in [0.05, 0.1) is 24.3 Å². The van der Waals surface area contributed by atoms with Gasteiger partial charge in [0.15, 0.2) is 0 Å². The maximum Gasteiger partial charge on any atom is 0.407 e. The summed E-state index contributed by atoms with van der Waals surface area (Å²) in [5.41, 5.74) is 2.55. The first-order valence-corrected chi connectivity index (χ1v) is 10.4. The first kappa shape index (κ1) is 22.3. The molecule has 4 atom stereocenters. The molecule has 0 saturated heterocycles. The molecule has 0 radical (unpaired) electrons. The maximum atomic E-state index is 12.3. The number of alkyl carbamates (subject to hydrolysis) is 1. The second kappa shape index (κ2) is 9.60. The Morgan fingerprint density at radius 3 is 2.50 bits per heavy atom. The van der Waals surface area contributed by atoms with Crippen molar-refractivity contribution in [3.63, 3.8) is 0 Å². The predicted molar refractivity (Wildman–Crippen MR) is 116 cm³/mol. The summed E-state index contributed by atoms with van der Waals surface area (Å²) >= 11 is 0. The third-order valence-electron chi connectivity index (χ3n) is 5.22. The number of hydrogen-bond acceptors (Lipinski definition) is 5. The zero-order valence-electron chi connectivity index (χ0n) is 17.8. The SMILES string of the molecule is CC(C)(C)OC(=O)N[C@@H](Cc1ccccc1)[C@H](O)CN[C@@H]1c2ccccc2C[C@@H]1O. The number of benzene rings is 2. The molecular formula is C24H32N2O4. The van der Waals surface area contributed by atoms with E-state index >= 15 is 0 Å². The van der Waals surface area contributed by atoms with Gasteiger partial charge in [-0.25, -0.2) is 4.79 Å². The number of hydrogen-bond donors (Lipinski definition) is 4. The van der Waals surface area contributed by atoms with Crippen LogP contribution in [0.4, 0.5) is 4.79 Å². The van der Waals surface area contributed by atoms with E-state index in [0.717, 1.165) is 16.7 Å². The Balaban J connectivity index is 1.66. The Morgan fingerprint density at radius 2 is 1.80 bits per heavy atom. The molecule has 2 aromatic rings. The molecule has 1 aliphatic carbocycles. The van der Waals surface area contributed by atoms with E-state index < -0.39 is 29.9 Å². The van der Waals surface area contributed by atoms with Crippen LogP contribution >= 0.6 is 0 Å². The molecule has 0 spiro atoms. The Kier molecular flexibility index (Phi) is 7.13. The largest absolute Gasteiger partial charge is 0.444 e. The molecule has 0 fully saturated rings. The molecular weight excluding hydrogens is 380 g/mol. The monoisotopic (exact) mass is 412 g/mol. The number of ether oxygens (including phenoxy) is 1. The quantitative estimate of drug-likeness (QED) is 0.561. The second-order valence-electron chi connectivity index (χ2n) is 8.87. The van der Waals surface area contributed by atoms with E-state index in [0.29, 0.717) is 12.8 Å². The normalized spacial score (nSPS) is 20.3. The Hall–Kier alpha value is -2.41. The van der Waals surface area contributed by atoms with Crippen LogP contribution in [-0.2, 0) is 17.6 Å². The van der Waals surface area contributed by atoms with Gasteiger partial charge in [0, 0.05) is 13.0 Å². The van der Waals surface area contributed by atoms with Crippen molar-refractivity contribution >= 4 is 6.09 Å². The van der Waals surface area contributed by atoms with Crippen LogP contribution in [0.2, 0.25) is 0 Å². The summed E-state index contributed by atoms with van der Waals surface area (Å²) in [6.45, 7) is 5.63. The standard InChI is InChI=1S/C24H32N2O4/c1-24(2,3)30-23(29)26-19(13-16-9-5-4-6-10-16)21(28)15-25-22-18-12-8-7-11-17(18)14-20(22)27/h4-12,19-22,25,27-28H,13-15H2,1-3H3,(H,26,29)/t19-,20-,21+,22+/m0/s1. The van der Waals surface area contributed by atoms with Crippen molar-refractivity contribution in [2.45, 2.75) is 63.5 Å². The molecule has 0 bridgehead atoms. The molecule has 4 N–H and O–H groups in total. The lowest BCUT2D eigenvalue weighted by atomic mass is 10.0. The number of aliphatic hydroxyl groups excluding tert-OH is 2. The number of amides is 1. The number of carbonyl (C=O) groups is 1. The van der Waals surface area contributed by atoms with Crippen molar-refractivity contribution in [2.75, 3.05) is 6.54 Å². The lowest BCUT2D eigenvalue weighted by Crippen LogP contribution is -2.50. The van der Waals surface area contributed by atoms with Crippen LogP contribution in [0.15, 0.2) is 54.6 Å². The van der Waals surface area contributed by atoms with Crippen molar-refractivity contribution in [2.24, 2.45) is 0 Å². The van der Waals surface area contributed by atoms with E-state index in [1.165, 1.54) is 0 Å². The van der Waals surface area contributed by atoms with Gasteiger partial charge >= 0.3 is 6.09 Å². The molecule has 1 aliphatic rings. The van der Waals surface area contributed by atoms with Gasteiger partial charge < -0.3 is 25.6 Å². The highest BCUT2D eigenvalue weighted by Gasteiger charge is 2.32. The summed E-state index contributed by atoms with van der Waals surface area (Å²) in [7, 11) is 0. The fraction of sp³-hybridized carbons (Fsp3) is 0.458. The second-order valence-corrected chi connectivity index (χ2v) is 8.87. The minimum atomic E-state index is -0.863. The van der Waals surface area contributed by atoms with Gasteiger partial charge in [-0.1, -0.05) is 54.6 Å². The lowest BCUT2D eigenvalue weighted by Gasteiger charge is -2.28. The number of rotatable bonds is 7. The molecule has 1 amide bonds. The van der Waals surface area contributed by atoms with Gasteiger partial charge in [-0.3, -0.25) is 0 Å². The average molecular weight is 413 g/mol. The molecule has 6 nitrogen and oxygen atoms in total. The van der Waals surface area contributed by atoms with Gasteiger partial charge in [-0.2, -0.15) is 0 Å². The van der Waals surface area contributed by atoms with E-state index in [-0.39, 0.29) is 12.6 Å². The molecule has 0 aliphatic heterocycles. The average Bonchev–Trinajstić information content (AvgIpc) is 3.00. The Labute approximate surface area is 178 Å². The van der Waals surface area contributed by atoms with E-state index in [1.54, 1.807) is 20.8 Å². The first-order chi connectivity index (χ1) is 14.2. The summed E-state index contributed by atoms with van der Waals surface area (Å²) in [5, 5.41) is 27.4. The fourth-order valence-electron chi connectivity index (χ4n) is 3.82. The highest BCUT2D eigenvalue weighted by atomic mass is 16.6. The zero-order valence-corrected chi connectivity index (χ0v) is 17.8. The van der Waals surface area contributed by atoms with E-state index in [1.807, 2.05) is 54.6 Å². The molecule has 3 rings (SSSR count). The lowest BCUT2D eigenvalue weighted by molar-refractivity contribution is 0.0410. The smallest absolute Gasteiger partial charge is 0.407 e. The van der Waals surface area contributed by atoms with Crippen LogP contribution in [0, 0.1) is 0 Å². The van der Waals surface area contributed by atoms with Crippen LogP contribution < -0.4 is 10.6 Å². The highest BCUT2D eigenvalue weighted by Crippen LogP contribution is 2.31. The van der Waals surface area contributed by atoms with Crippen molar-refractivity contribution in [3.8, 4) is 0 Å². The van der Waals surface area contributed by atoms with Crippen LogP contribution in [0.3, 0.4) is 0 Å². The number of carbonyl (C=O) groups excluding carboxylic acids is 1.